The second-order valence-electron chi connectivity index (χ2n) is 7.14. The summed E-state index contributed by atoms with van der Waals surface area (Å²) in [5.41, 5.74) is 0.217. The third-order valence-electron chi connectivity index (χ3n) is 5.24. The highest BCUT2D eigenvalue weighted by molar-refractivity contribution is 5.93. The van der Waals surface area contributed by atoms with E-state index in [4.69, 9.17) is 13.9 Å². The molecule has 1 fully saturated rings. The van der Waals surface area contributed by atoms with E-state index >= 15 is 0 Å². The number of aromatic nitrogens is 1. The summed E-state index contributed by atoms with van der Waals surface area (Å²) in [6, 6.07) is 11.6. The maximum Gasteiger partial charge on any atom is 0.275 e. The van der Waals surface area contributed by atoms with Gasteiger partial charge in [-0.2, -0.15) is 0 Å². The van der Waals surface area contributed by atoms with E-state index in [-0.39, 0.29) is 30.0 Å². The van der Waals surface area contributed by atoms with Crippen LogP contribution in [-0.4, -0.2) is 48.9 Å². The molecule has 30 heavy (non-hydrogen) atoms. The van der Waals surface area contributed by atoms with Gasteiger partial charge in [0.05, 0.1) is 13.0 Å². The molecule has 1 aromatic heterocycles. The van der Waals surface area contributed by atoms with Gasteiger partial charge in [-0.1, -0.05) is 12.1 Å². The van der Waals surface area contributed by atoms with E-state index < -0.39 is 0 Å². The molecular formula is C22H23N3O5. The van der Waals surface area contributed by atoms with Crippen molar-refractivity contribution in [3.8, 4) is 11.5 Å². The van der Waals surface area contributed by atoms with E-state index in [9.17, 15) is 9.59 Å². The molecule has 1 aliphatic heterocycles. The first kappa shape index (κ1) is 19.8. The van der Waals surface area contributed by atoms with Crippen LogP contribution >= 0.6 is 0 Å². The van der Waals surface area contributed by atoms with Crippen molar-refractivity contribution in [1.82, 2.24) is 15.2 Å². The Morgan fingerprint density at radius 1 is 1.20 bits per heavy atom. The van der Waals surface area contributed by atoms with Gasteiger partial charge >= 0.3 is 0 Å². The molecule has 3 aromatic rings. The van der Waals surface area contributed by atoms with Crippen molar-refractivity contribution in [2.45, 2.75) is 13.0 Å². The maximum atomic E-state index is 12.6. The third-order valence-corrected chi connectivity index (χ3v) is 5.24. The molecule has 1 N–H and O–H groups in total. The van der Waals surface area contributed by atoms with E-state index in [1.54, 1.807) is 19.1 Å². The number of hydrogen-bond donors (Lipinski definition) is 1. The minimum atomic E-state index is -0.241. The van der Waals surface area contributed by atoms with Crippen LogP contribution in [0.1, 0.15) is 22.8 Å². The fraction of sp³-hybridized carbons (Fsp3) is 0.318. The van der Waals surface area contributed by atoms with Gasteiger partial charge in [-0.05, 0) is 41.5 Å². The molecule has 0 bridgehead atoms. The summed E-state index contributed by atoms with van der Waals surface area (Å²) in [4.78, 5) is 30.2. The first-order valence-electron chi connectivity index (χ1n) is 9.73. The number of methoxy groups -OCH3 is 1. The highest BCUT2D eigenvalue weighted by atomic mass is 16.5. The summed E-state index contributed by atoms with van der Waals surface area (Å²) < 4.78 is 16.4. The molecule has 0 radical (unpaired) electrons. The van der Waals surface area contributed by atoms with Gasteiger partial charge in [0.25, 0.3) is 5.91 Å². The Kier molecular flexibility index (Phi) is 5.56. The number of carbonyl (C=O) groups excluding carboxylic acids is 2. The van der Waals surface area contributed by atoms with Crippen LogP contribution in [0, 0.1) is 5.92 Å². The van der Waals surface area contributed by atoms with Crippen molar-refractivity contribution in [2.24, 2.45) is 5.92 Å². The third kappa shape index (κ3) is 4.07. The van der Waals surface area contributed by atoms with Crippen LogP contribution in [0.25, 0.3) is 10.8 Å². The second-order valence-corrected chi connectivity index (χ2v) is 7.14. The van der Waals surface area contributed by atoms with Gasteiger partial charge in [-0.3, -0.25) is 9.59 Å². The van der Waals surface area contributed by atoms with E-state index in [1.807, 2.05) is 36.4 Å². The first-order valence-corrected chi connectivity index (χ1v) is 9.73. The van der Waals surface area contributed by atoms with Crippen molar-refractivity contribution >= 4 is 22.6 Å². The number of hydrogen-bond acceptors (Lipinski definition) is 6. The number of nitrogens with zero attached hydrogens (tertiary/aromatic N) is 2. The van der Waals surface area contributed by atoms with Gasteiger partial charge in [0.15, 0.2) is 12.3 Å². The fourth-order valence-electron chi connectivity index (χ4n) is 3.57. The van der Waals surface area contributed by atoms with Crippen LogP contribution < -0.4 is 14.8 Å². The summed E-state index contributed by atoms with van der Waals surface area (Å²) in [5, 5.41) is 4.70. The zero-order chi connectivity index (χ0) is 21.1. The lowest BCUT2D eigenvalue weighted by atomic mass is 10.1. The second kappa shape index (κ2) is 8.44. The topological polar surface area (TPSA) is 93.9 Å². The van der Waals surface area contributed by atoms with E-state index in [1.165, 1.54) is 6.26 Å². The molecule has 0 saturated carbocycles. The predicted octanol–water partition coefficient (Wildman–Crippen LogP) is 2.62. The van der Waals surface area contributed by atoms with Crippen molar-refractivity contribution in [3.63, 3.8) is 0 Å². The minimum absolute atomic E-state index is 0.0486. The SMILES string of the molecule is CNC(=O)C1CCN(C(=O)c2coc(COc3ccc4ccc(OC)cc4c3)n2)C1. The predicted molar refractivity (Wildman–Crippen MR) is 109 cm³/mol. The normalized spacial score (nSPS) is 15.9. The van der Waals surface area contributed by atoms with Gasteiger partial charge in [0, 0.05) is 20.1 Å². The molecule has 0 spiro atoms. The number of amides is 2. The number of ether oxygens (including phenoxy) is 2. The van der Waals surface area contributed by atoms with Crippen LogP contribution in [-0.2, 0) is 11.4 Å². The fourth-order valence-corrected chi connectivity index (χ4v) is 3.57. The largest absolute Gasteiger partial charge is 0.497 e. The van der Waals surface area contributed by atoms with Crippen LogP contribution in [0.5, 0.6) is 11.5 Å². The average Bonchev–Trinajstić information content (AvgIpc) is 3.46. The quantitative estimate of drug-likeness (QED) is 0.673. The Labute approximate surface area is 173 Å². The molecule has 2 amide bonds. The molecular weight excluding hydrogens is 386 g/mol. The molecule has 4 rings (SSSR count). The molecule has 1 saturated heterocycles. The van der Waals surface area contributed by atoms with Crippen LogP contribution in [0.3, 0.4) is 0 Å². The maximum absolute atomic E-state index is 12.6. The number of rotatable bonds is 6. The lowest BCUT2D eigenvalue weighted by Gasteiger charge is -2.14. The smallest absolute Gasteiger partial charge is 0.275 e. The number of fused-ring (bicyclic) bond motifs is 1. The molecule has 8 heteroatoms. The Balaban J connectivity index is 1.38. The average molecular weight is 409 g/mol. The summed E-state index contributed by atoms with van der Waals surface area (Å²) in [7, 11) is 3.23. The van der Waals surface area contributed by atoms with Crippen LogP contribution in [0.2, 0.25) is 0 Å². The van der Waals surface area contributed by atoms with Gasteiger partial charge in [-0.25, -0.2) is 4.98 Å². The summed E-state index contributed by atoms with van der Waals surface area (Å²) in [5.74, 6) is 1.28. The van der Waals surface area contributed by atoms with Crippen LogP contribution in [0.4, 0.5) is 0 Å². The molecule has 1 atom stereocenters. The standard InChI is InChI=1S/C22H23N3O5/c1-23-21(26)15-7-8-25(11-15)22(27)19-12-30-20(24-19)13-29-18-6-4-14-3-5-17(28-2)9-16(14)10-18/h3-6,9-10,12,15H,7-8,11,13H2,1-2H3,(H,23,26). The number of nitrogens with one attached hydrogen (secondary N) is 1. The molecule has 2 heterocycles. The van der Waals surface area contributed by atoms with E-state index in [0.29, 0.717) is 31.2 Å². The van der Waals surface area contributed by atoms with Crippen molar-refractivity contribution < 1.29 is 23.5 Å². The molecule has 8 nitrogen and oxygen atoms in total. The lowest BCUT2D eigenvalue weighted by Crippen LogP contribution is -2.33. The van der Waals surface area contributed by atoms with Crippen molar-refractivity contribution in [1.29, 1.82) is 0 Å². The highest BCUT2D eigenvalue weighted by Gasteiger charge is 2.32. The van der Waals surface area contributed by atoms with Crippen molar-refractivity contribution in [3.05, 3.63) is 54.2 Å². The Hall–Kier alpha value is -3.55. The van der Waals surface area contributed by atoms with Gasteiger partial charge in [0.1, 0.15) is 17.8 Å². The molecule has 1 unspecified atom stereocenters. The van der Waals surface area contributed by atoms with Crippen LogP contribution in [0.15, 0.2) is 47.1 Å². The first-order chi connectivity index (χ1) is 14.6. The number of carbonyl (C=O) groups is 2. The Morgan fingerprint density at radius 3 is 2.73 bits per heavy atom. The van der Waals surface area contributed by atoms with Gasteiger partial charge in [0.2, 0.25) is 11.8 Å². The molecule has 1 aliphatic rings. The minimum Gasteiger partial charge on any atom is -0.497 e. The van der Waals surface area contributed by atoms with E-state index in [0.717, 1.165) is 16.5 Å². The number of oxazole rings is 1. The van der Waals surface area contributed by atoms with E-state index in [2.05, 4.69) is 10.3 Å². The Morgan fingerprint density at radius 2 is 1.97 bits per heavy atom. The lowest BCUT2D eigenvalue weighted by molar-refractivity contribution is -0.124. The Bertz CT molecular complexity index is 1080. The summed E-state index contributed by atoms with van der Waals surface area (Å²) in [6.07, 6.45) is 1.98. The molecule has 0 aliphatic carbocycles. The van der Waals surface area contributed by atoms with Gasteiger partial charge in [-0.15, -0.1) is 0 Å². The monoisotopic (exact) mass is 409 g/mol. The highest BCUT2D eigenvalue weighted by Crippen LogP contribution is 2.25. The van der Waals surface area contributed by atoms with Gasteiger partial charge < -0.3 is 24.1 Å². The number of likely N-dealkylation sites (tertiary alicyclic amines) is 1. The molecule has 2 aromatic carbocycles. The zero-order valence-corrected chi connectivity index (χ0v) is 16.9. The van der Waals surface area contributed by atoms with Crippen molar-refractivity contribution in [2.75, 3.05) is 27.2 Å². The zero-order valence-electron chi connectivity index (χ0n) is 16.9. The molecule has 156 valence electrons. The number of benzene rings is 2. The summed E-state index contributed by atoms with van der Waals surface area (Å²) in [6.45, 7) is 1.01. The summed E-state index contributed by atoms with van der Waals surface area (Å²) >= 11 is 0.